The van der Waals surface area contributed by atoms with E-state index >= 15 is 0 Å². The average molecular weight is 196 g/mol. The number of aliphatic hydroxyl groups is 1. The smallest absolute Gasteiger partial charge is 0.335 e. The topological polar surface area (TPSA) is 57.5 Å². The number of aromatic carboxylic acids is 1. The van der Waals surface area contributed by atoms with Crippen molar-refractivity contribution in [2.45, 2.75) is 0 Å². The van der Waals surface area contributed by atoms with Crippen molar-refractivity contribution in [1.29, 1.82) is 0 Å². The molecule has 0 saturated carbocycles. The second kappa shape index (κ2) is 4.53. The summed E-state index contributed by atoms with van der Waals surface area (Å²) in [6, 6.07) is 3.47. The Hall–Kier alpha value is -1.68. The molecule has 0 spiro atoms. The first-order valence-electron chi connectivity index (χ1n) is 3.95. The molecule has 0 aliphatic heterocycles. The van der Waals surface area contributed by atoms with Gasteiger partial charge in [0.05, 0.1) is 12.2 Å². The van der Waals surface area contributed by atoms with Crippen LogP contribution in [0.25, 0.3) is 6.08 Å². The summed E-state index contributed by atoms with van der Waals surface area (Å²) in [5.74, 6) is -1.79. The van der Waals surface area contributed by atoms with Gasteiger partial charge in [0.1, 0.15) is 5.82 Å². The Morgan fingerprint density at radius 1 is 1.43 bits per heavy atom. The molecule has 14 heavy (non-hydrogen) atoms. The lowest BCUT2D eigenvalue weighted by Crippen LogP contribution is -1.97. The molecule has 0 amide bonds. The van der Waals surface area contributed by atoms with E-state index in [4.69, 9.17) is 10.2 Å². The third kappa shape index (κ3) is 2.67. The van der Waals surface area contributed by atoms with Crippen LogP contribution >= 0.6 is 0 Å². The largest absolute Gasteiger partial charge is 0.478 e. The lowest BCUT2D eigenvalue weighted by molar-refractivity contribution is 0.0696. The number of carboxylic acids is 1. The zero-order valence-corrected chi connectivity index (χ0v) is 7.27. The molecule has 1 aromatic rings. The van der Waals surface area contributed by atoms with Crippen LogP contribution in [0.2, 0.25) is 0 Å². The lowest BCUT2D eigenvalue weighted by Gasteiger charge is -1.98. The molecule has 0 aliphatic rings. The summed E-state index contributed by atoms with van der Waals surface area (Å²) in [6.07, 6.45) is 2.86. The number of hydrogen-bond donors (Lipinski definition) is 2. The number of rotatable bonds is 3. The van der Waals surface area contributed by atoms with Crippen LogP contribution in [-0.4, -0.2) is 22.8 Å². The number of hydrogen-bond acceptors (Lipinski definition) is 2. The zero-order chi connectivity index (χ0) is 10.6. The van der Waals surface area contributed by atoms with Crippen molar-refractivity contribution in [2.75, 3.05) is 6.61 Å². The zero-order valence-electron chi connectivity index (χ0n) is 7.27. The van der Waals surface area contributed by atoms with Crippen LogP contribution < -0.4 is 0 Å². The van der Waals surface area contributed by atoms with E-state index in [1.165, 1.54) is 24.3 Å². The third-order valence-corrected chi connectivity index (χ3v) is 1.58. The highest BCUT2D eigenvalue weighted by molar-refractivity contribution is 5.88. The van der Waals surface area contributed by atoms with Crippen LogP contribution in [0.15, 0.2) is 24.3 Å². The summed E-state index contributed by atoms with van der Waals surface area (Å²) in [7, 11) is 0. The van der Waals surface area contributed by atoms with Gasteiger partial charge in [-0.3, -0.25) is 0 Å². The summed E-state index contributed by atoms with van der Waals surface area (Å²) in [5.41, 5.74) is 0.305. The van der Waals surface area contributed by atoms with Crippen molar-refractivity contribution in [1.82, 2.24) is 0 Å². The predicted molar refractivity (Wildman–Crippen MR) is 49.5 cm³/mol. The average Bonchev–Trinajstić information content (AvgIpc) is 2.14. The standard InChI is InChI=1S/C10H9FO3/c11-9-5-7(2-1-3-12)4-8(6-9)10(13)14/h1-2,4-6,12H,3H2,(H,13,14). The number of halogens is 1. The van der Waals surface area contributed by atoms with Crippen LogP contribution in [0.4, 0.5) is 4.39 Å². The molecular weight excluding hydrogens is 187 g/mol. The number of aliphatic hydroxyl groups excluding tert-OH is 1. The van der Waals surface area contributed by atoms with E-state index in [0.29, 0.717) is 5.56 Å². The van der Waals surface area contributed by atoms with E-state index in [1.54, 1.807) is 0 Å². The van der Waals surface area contributed by atoms with Gasteiger partial charge >= 0.3 is 5.97 Å². The van der Waals surface area contributed by atoms with E-state index in [0.717, 1.165) is 6.07 Å². The van der Waals surface area contributed by atoms with E-state index < -0.39 is 11.8 Å². The highest BCUT2D eigenvalue weighted by Gasteiger charge is 2.05. The summed E-state index contributed by atoms with van der Waals surface area (Å²) in [6.45, 7) is -0.168. The molecule has 74 valence electrons. The van der Waals surface area contributed by atoms with Crippen molar-refractivity contribution in [3.8, 4) is 0 Å². The Bertz CT molecular complexity index is 372. The first kappa shape index (κ1) is 10.4. The van der Waals surface area contributed by atoms with Crippen molar-refractivity contribution < 1.29 is 19.4 Å². The molecule has 4 heteroatoms. The highest BCUT2D eigenvalue weighted by atomic mass is 19.1. The molecule has 0 radical (unpaired) electrons. The molecule has 0 bridgehead atoms. The number of carbonyl (C=O) groups is 1. The maximum Gasteiger partial charge on any atom is 0.335 e. The van der Waals surface area contributed by atoms with E-state index in [1.807, 2.05) is 0 Å². The Morgan fingerprint density at radius 3 is 2.71 bits per heavy atom. The van der Waals surface area contributed by atoms with Gasteiger partial charge in [0.2, 0.25) is 0 Å². The van der Waals surface area contributed by atoms with Gasteiger partial charge in [-0.25, -0.2) is 9.18 Å². The Kier molecular flexibility index (Phi) is 3.36. The van der Waals surface area contributed by atoms with Crippen molar-refractivity contribution in [2.24, 2.45) is 0 Å². The van der Waals surface area contributed by atoms with Crippen molar-refractivity contribution in [3.63, 3.8) is 0 Å². The van der Waals surface area contributed by atoms with Crippen LogP contribution in [0.1, 0.15) is 15.9 Å². The monoisotopic (exact) mass is 196 g/mol. The normalized spacial score (nSPS) is 10.7. The fourth-order valence-electron chi connectivity index (χ4n) is 1.02. The molecule has 1 rings (SSSR count). The molecule has 0 aromatic heterocycles. The first-order valence-corrected chi connectivity index (χ1v) is 3.95. The Morgan fingerprint density at radius 2 is 2.14 bits per heavy atom. The van der Waals surface area contributed by atoms with Gasteiger partial charge in [0.25, 0.3) is 0 Å². The molecule has 0 fully saturated rings. The fourth-order valence-corrected chi connectivity index (χ4v) is 1.02. The summed E-state index contributed by atoms with van der Waals surface area (Å²) in [4.78, 5) is 10.5. The Labute approximate surface area is 80.1 Å². The molecule has 0 saturated heterocycles. The summed E-state index contributed by atoms with van der Waals surface area (Å²) < 4.78 is 12.9. The molecular formula is C10H9FO3. The minimum Gasteiger partial charge on any atom is -0.478 e. The maximum atomic E-state index is 12.9. The lowest BCUT2D eigenvalue weighted by atomic mass is 10.1. The third-order valence-electron chi connectivity index (χ3n) is 1.58. The molecule has 0 atom stereocenters. The molecule has 3 nitrogen and oxygen atoms in total. The minimum atomic E-state index is -1.18. The minimum absolute atomic E-state index is 0.109. The van der Waals surface area contributed by atoms with Crippen molar-refractivity contribution in [3.05, 3.63) is 41.2 Å². The van der Waals surface area contributed by atoms with Gasteiger partial charge < -0.3 is 10.2 Å². The van der Waals surface area contributed by atoms with Gasteiger partial charge in [0.15, 0.2) is 0 Å². The van der Waals surface area contributed by atoms with Crippen LogP contribution in [0.3, 0.4) is 0 Å². The summed E-state index contributed by atoms with van der Waals surface area (Å²) >= 11 is 0. The van der Waals surface area contributed by atoms with Crippen molar-refractivity contribution >= 4 is 12.0 Å². The second-order valence-corrected chi connectivity index (χ2v) is 2.66. The molecule has 0 unspecified atom stereocenters. The highest BCUT2D eigenvalue weighted by Crippen LogP contribution is 2.10. The molecule has 1 aromatic carbocycles. The molecule has 0 aliphatic carbocycles. The van der Waals surface area contributed by atoms with Gasteiger partial charge in [-0.1, -0.05) is 12.2 Å². The van der Waals surface area contributed by atoms with Gasteiger partial charge in [-0.15, -0.1) is 0 Å². The van der Waals surface area contributed by atoms with Gasteiger partial charge in [0, 0.05) is 0 Å². The van der Waals surface area contributed by atoms with Crippen LogP contribution in [0.5, 0.6) is 0 Å². The summed E-state index contributed by atoms with van der Waals surface area (Å²) in [5, 5.41) is 17.1. The van der Waals surface area contributed by atoms with Crippen LogP contribution in [0, 0.1) is 5.82 Å². The number of carboxylic acid groups (broad SMARTS) is 1. The predicted octanol–water partition coefficient (Wildman–Crippen LogP) is 1.53. The van der Waals surface area contributed by atoms with E-state index in [2.05, 4.69) is 0 Å². The molecule has 0 heterocycles. The first-order chi connectivity index (χ1) is 6.63. The quantitative estimate of drug-likeness (QED) is 0.770. The number of benzene rings is 1. The SMILES string of the molecule is O=C(O)c1cc(F)cc(C=CCO)c1. The second-order valence-electron chi connectivity index (χ2n) is 2.66. The molecule has 2 N–H and O–H groups in total. The Balaban J connectivity index is 3.07. The van der Waals surface area contributed by atoms with Gasteiger partial charge in [-0.05, 0) is 23.8 Å². The maximum absolute atomic E-state index is 12.9. The van der Waals surface area contributed by atoms with E-state index in [9.17, 15) is 9.18 Å². The van der Waals surface area contributed by atoms with E-state index in [-0.39, 0.29) is 12.2 Å². The van der Waals surface area contributed by atoms with Crippen LogP contribution in [-0.2, 0) is 0 Å². The van der Waals surface area contributed by atoms with Gasteiger partial charge in [-0.2, -0.15) is 0 Å². The fraction of sp³-hybridized carbons (Fsp3) is 0.100.